The van der Waals surface area contributed by atoms with E-state index in [1.54, 1.807) is 0 Å². The van der Waals surface area contributed by atoms with Gasteiger partial charge in [0, 0.05) is 24.5 Å². The highest BCUT2D eigenvalue weighted by atomic mass is 79.9. The number of hydrogen-bond donors (Lipinski definition) is 1. The van der Waals surface area contributed by atoms with Gasteiger partial charge in [0.2, 0.25) is 0 Å². The van der Waals surface area contributed by atoms with Crippen molar-refractivity contribution in [3.05, 3.63) is 77.3 Å². The zero-order valence-corrected chi connectivity index (χ0v) is 23.0. The summed E-state index contributed by atoms with van der Waals surface area (Å²) in [6.07, 6.45) is 2.77. The van der Waals surface area contributed by atoms with Crippen molar-refractivity contribution in [3.63, 3.8) is 0 Å². The topological polar surface area (TPSA) is 116 Å². The monoisotopic (exact) mass is 688 g/mol. The van der Waals surface area contributed by atoms with Gasteiger partial charge in [0.1, 0.15) is 14.9 Å². The average Bonchev–Trinajstić information content (AvgIpc) is 3.31. The van der Waals surface area contributed by atoms with Gasteiger partial charge in [-0.3, -0.25) is 4.79 Å². The Balaban J connectivity index is 0.000000191. The van der Waals surface area contributed by atoms with Crippen LogP contribution in [0.1, 0.15) is 21.0 Å². The van der Waals surface area contributed by atoms with Gasteiger partial charge in [0.25, 0.3) is 5.24 Å². The van der Waals surface area contributed by atoms with Crippen LogP contribution in [0.15, 0.2) is 45.9 Å². The van der Waals surface area contributed by atoms with Crippen molar-refractivity contribution in [2.45, 2.75) is 0 Å². The summed E-state index contributed by atoms with van der Waals surface area (Å²) < 4.78 is 3.21. The van der Waals surface area contributed by atoms with Crippen LogP contribution in [-0.4, -0.2) is 45.8 Å². The number of carboxylic acid groups (broad SMARTS) is 1. The molecule has 0 radical (unpaired) electrons. The molecule has 0 atom stereocenters. The fourth-order valence-electron chi connectivity index (χ4n) is 2.45. The number of rotatable bonds is 4. The summed E-state index contributed by atoms with van der Waals surface area (Å²) in [5.74, 6) is -0.638. The third-order valence-electron chi connectivity index (χ3n) is 3.76. The summed E-state index contributed by atoms with van der Waals surface area (Å²) in [4.78, 5) is 30.2. The van der Waals surface area contributed by atoms with Crippen molar-refractivity contribution in [2.24, 2.45) is 0 Å². The molecular weight excluding hydrogens is 685 g/mol. The van der Waals surface area contributed by atoms with Gasteiger partial charge in [-0.25, -0.2) is 24.1 Å². The average molecular weight is 692 g/mol. The molecule has 0 aliphatic rings. The third kappa shape index (κ3) is 6.28. The van der Waals surface area contributed by atoms with Crippen LogP contribution < -0.4 is 0 Å². The maximum Gasteiger partial charge on any atom is 0.354 e. The standard InChI is InChI=1S/C9H3BrCl3N3O.C9H4BrCl2N3O2/c10-7-2-6(8(13)17)16(15-7)9-5(12)1-4(11)3-14-9;10-7-2-6(9(16)17)15(14-7)8-5(12)1-4(11)3-13-8/h1-3H;1-3H,(H,16,17). The van der Waals surface area contributed by atoms with Crippen molar-refractivity contribution in [1.82, 2.24) is 29.5 Å². The van der Waals surface area contributed by atoms with E-state index in [4.69, 9.17) is 63.1 Å². The largest absolute Gasteiger partial charge is 0.477 e. The molecule has 0 saturated carbocycles. The lowest BCUT2D eigenvalue weighted by molar-refractivity contribution is 0.0686. The van der Waals surface area contributed by atoms with E-state index in [9.17, 15) is 9.59 Å². The zero-order valence-electron chi connectivity index (χ0n) is 16.1. The predicted octanol–water partition coefficient (Wildman–Crippen LogP) is 6.75. The number of aromatic nitrogens is 6. The Morgan fingerprint density at radius 1 is 0.765 bits per heavy atom. The molecule has 0 amide bonds. The Morgan fingerprint density at radius 3 is 1.56 bits per heavy atom. The number of hydrogen-bond acceptors (Lipinski definition) is 6. The Hall–Kier alpha value is -1.73. The lowest BCUT2D eigenvalue weighted by Gasteiger charge is -2.05. The van der Waals surface area contributed by atoms with Crippen LogP contribution in [-0.2, 0) is 0 Å². The van der Waals surface area contributed by atoms with E-state index in [0.29, 0.717) is 19.3 Å². The molecule has 4 aromatic heterocycles. The highest BCUT2D eigenvalue weighted by Gasteiger charge is 2.18. The van der Waals surface area contributed by atoms with E-state index in [0.717, 1.165) is 4.68 Å². The Kier molecular flexibility index (Phi) is 8.96. The van der Waals surface area contributed by atoms with Crippen LogP contribution in [0.5, 0.6) is 0 Å². The first kappa shape index (κ1) is 26.9. The Morgan fingerprint density at radius 2 is 1.18 bits per heavy atom. The highest BCUT2D eigenvalue weighted by molar-refractivity contribution is 9.10. The molecule has 0 fully saturated rings. The molecule has 9 nitrogen and oxygen atoms in total. The number of carboxylic acids is 1. The lowest BCUT2D eigenvalue weighted by atomic mass is 10.4. The minimum atomic E-state index is -1.13. The van der Waals surface area contributed by atoms with Crippen molar-refractivity contribution in [2.75, 3.05) is 0 Å². The number of pyridine rings is 2. The van der Waals surface area contributed by atoms with E-state index < -0.39 is 11.2 Å². The fraction of sp³-hybridized carbons (Fsp3) is 0. The summed E-state index contributed by atoms with van der Waals surface area (Å²) in [5, 5.41) is 17.6. The van der Waals surface area contributed by atoms with Crippen LogP contribution in [0, 0.1) is 0 Å². The molecule has 0 aliphatic heterocycles. The fourth-order valence-corrected chi connectivity index (χ4v) is 4.25. The number of carbonyl (C=O) groups excluding carboxylic acids is 1. The summed E-state index contributed by atoms with van der Waals surface area (Å²) >= 11 is 35.0. The SMILES string of the molecule is O=C(Cl)c1cc(Br)nn1-c1ncc(Cl)cc1Cl.O=C(O)c1cc(Br)nn1-c1ncc(Cl)cc1Cl. The first-order chi connectivity index (χ1) is 16.0. The second-order valence-electron chi connectivity index (χ2n) is 6.02. The molecule has 0 spiro atoms. The minimum absolute atomic E-state index is 0.0476. The highest BCUT2D eigenvalue weighted by Crippen LogP contribution is 2.25. The molecule has 0 bridgehead atoms. The summed E-state index contributed by atoms with van der Waals surface area (Å²) in [6, 6.07) is 5.80. The Bertz CT molecular complexity index is 1310. The second-order valence-corrected chi connectivity index (χ2v) is 9.68. The normalized spacial score (nSPS) is 10.6. The quantitative estimate of drug-likeness (QED) is 0.236. The van der Waals surface area contributed by atoms with Crippen LogP contribution in [0.25, 0.3) is 11.6 Å². The van der Waals surface area contributed by atoms with Crippen LogP contribution in [0.3, 0.4) is 0 Å². The van der Waals surface area contributed by atoms with Gasteiger partial charge in [-0.05, 0) is 55.6 Å². The third-order valence-corrected chi connectivity index (χ3v) is 5.70. The van der Waals surface area contributed by atoms with Crippen molar-refractivity contribution >= 4 is 101 Å². The summed E-state index contributed by atoms with van der Waals surface area (Å²) in [6.45, 7) is 0. The number of nitrogens with zero attached hydrogens (tertiary/aromatic N) is 6. The maximum atomic E-state index is 11.2. The molecule has 0 saturated heterocycles. The van der Waals surface area contributed by atoms with Crippen molar-refractivity contribution in [1.29, 1.82) is 0 Å². The van der Waals surface area contributed by atoms with Crippen LogP contribution in [0.4, 0.5) is 0 Å². The minimum Gasteiger partial charge on any atom is -0.477 e. The van der Waals surface area contributed by atoms with Crippen LogP contribution in [0.2, 0.25) is 20.1 Å². The van der Waals surface area contributed by atoms with Gasteiger partial charge in [-0.15, -0.1) is 0 Å². The zero-order chi connectivity index (χ0) is 25.2. The molecule has 16 heteroatoms. The van der Waals surface area contributed by atoms with Gasteiger partial charge >= 0.3 is 5.97 Å². The molecule has 176 valence electrons. The van der Waals surface area contributed by atoms with Gasteiger partial charge in [-0.2, -0.15) is 10.2 Å². The van der Waals surface area contributed by atoms with Gasteiger partial charge in [0.05, 0.1) is 20.1 Å². The molecule has 4 heterocycles. The summed E-state index contributed by atoms with van der Waals surface area (Å²) in [7, 11) is 0. The van der Waals surface area contributed by atoms with Crippen molar-refractivity contribution in [3.8, 4) is 11.6 Å². The molecule has 0 aliphatic carbocycles. The number of aromatic carboxylic acids is 1. The van der Waals surface area contributed by atoms with E-state index in [1.165, 1.54) is 41.3 Å². The number of carbonyl (C=O) groups is 2. The molecule has 4 rings (SSSR count). The molecule has 0 unspecified atom stereocenters. The first-order valence-corrected chi connectivity index (χ1v) is 12.0. The first-order valence-electron chi connectivity index (χ1n) is 8.55. The predicted molar refractivity (Wildman–Crippen MR) is 135 cm³/mol. The molecule has 1 N–H and O–H groups in total. The van der Waals surface area contributed by atoms with E-state index in [2.05, 4.69) is 52.0 Å². The van der Waals surface area contributed by atoms with Crippen LogP contribution >= 0.6 is 89.9 Å². The summed E-state index contributed by atoms with van der Waals surface area (Å²) in [5.41, 5.74) is 0.115. The van der Waals surface area contributed by atoms with Gasteiger partial charge < -0.3 is 5.11 Å². The lowest BCUT2D eigenvalue weighted by Crippen LogP contribution is -2.09. The Labute approximate surface area is 232 Å². The number of halogens is 7. The van der Waals surface area contributed by atoms with Crippen molar-refractivity contribution < 1.29 is 14.7 Å². The maximum absolute atomic E-state index is 11.2. The van der Waals surface area contributed by atoms with E-state index >= 15 is 0 Å². The second kappa shape index (κ2) is 11.3. The molecule has 4 aromatic rings. The molecular formula is C18H7Br2Cl5N6O3. The van der Waals surface area contributed by atoms with Gasteiger partial charge in [-0.1, -0.05) is 46.4 Å². The molecule has 0 aromatic carbocycles. The van der Waals surface area contributed by atoms with E-state index in [-0.39, 0.29) is 33.1 Å². The van der Waals surface area contributed by atoms with Gasteiger partial charge in [0.15, 0.2) is 17.3 Å². The molecule has 34 heavy (non-hydrogen) atoms. The van der Waals surface area contributed by atoms with E-state index in [1.807, 2.05) is 0 Å². The smallest absolute Gasteiger partial charge is 0.354 e.